The van der Waals surface area contributed by atoms with Crippen LogP contribution in [0.1, 0.15) is 23.1 Å². The van der Waals surface area contributed by atoms with Crippen LogP contribution in [0, 0.1) is 23.1 Å². The van der Waals surface area contributed by atoms with Gasteiger partial charge in [0.05, 0.1) is 17.2 Å². The number of likely N-dealkylation sites (tertiary alicyclic amines) is 1. The third kappa shape index (κ3) is 4.53. The van der Waals surface area contributed by atoms with E-state index in [1.54, 1.807) is 18.2 Å². The maximum atomic E-state index is 13.3. The second-order valence-electron chi connectivity index (χ2n) is 7.80. The molecular formula is C22H25ClFN3O. The number of rotatable bonds is 5. The number of piperidine rings is 1. The van der Waals surface area contributed by atoms with Gasteiger partial charge in [0.1, 0.15) is 5.82 Å². The molecule has 1 heterocycles. The van der Waals surface area contributed by atoms with Gasteiger partial charge < -0.3 is 10.0 Å². The van der Waals surface area contributed by atoms with Crippen LogP contribution in [-0.4, -0.2) is 48.6 Å². The molecule has 0 bridgehead atoms. The molecule has 0 spiro atoms. The minimum Gasteiger partial charge on any atom is -0.385 e. The van der Waals surface area contributed by atoms with E-state index in [0.29, 0.717) is 43.2 Å². The number of nitrogens with zero attached hydrogens (tertiary/aromatic N) is 3. The Hall–Kier alpha value is -1.97. The van der Waals surface area contributed by atoms with Crippen LogP contribution < -0.4 is 0 Å². The van der Waals surface area contributed by atoms with E-state index < -0.39 is 5.60 Å². The number of hydrogen-bond donors (Lipinski definition) is 1. The number of aliphatic hydroxyl groups is 1. The summed E-state index contributed by atoms with van der Waals surface area (Å²) < 4.78 is 13.3. The van der Waals surface area contributed by atoms with Crippen molar-refractivity contribution >= 4 is 11.6 Å². The molecule has 1 saturated heterocycles. The summed E-state index contributed by atoms with van der Waals surface area (Å²) in [7, 11) is 3.98. The molecule has 2 atom stereocenters. The molecule has 0 saturated carbocycles. The van der Waals surface area contributed by atoms with E-state index in [1.165, 1.54) is 12.1 Å². The lowest BCUT2D eigenvalue weighted by Gasteiger charge is -2.46. The summed E-state index contributed by atoms with van der Waals surface area (Å²) >= 11 is 6.20. The topological polar surface area (TPSA) is 50.5 Å². The maximum absolute atomic E-state index is 13.3. The molecule has 0 aromatic heterocycles. The first kappa shape index (κ1) is 20.8. The minimum absolute atomic E-state index is 0.0376. The van der Waals surface area contributed by atoms with E-state index in [4.69, 9.17) is 11.6 Å². The van der Waals surface area contributed by atoms with Crippen molar-refractivity contribution in [1.82, 2.24) is 9.80 Å². The van der Waals surface area contributed by atoms with Crippen molar-refractivity contribution in [2.45, 2.75) is 18.6 Å². The summed E-state index contributed by atoms with van der Waals surface area (Å²) in [4.78, 5) is 4.31. The van der Waals surface area contributed by atoms with Crippen LogP contribution in [0.25, 0.3) is 0 Å². The number of nitriles is 1. The monoisotopic (exact) mass is 401 g/mol. The molecule has 2 aromatic rings. The van der Waals surface area contributed by atoms with Crippen molar-refractivity contribution in [2.75, 3.05) is 33.7 Å². The fourth-order valence-electron chi connectivity index (χ4n) is 4.01. The third-order valence-electron chi connectivity index (χ3n) is 5.45. The number of halogens is 2. The average Bonchev–Trinajstić information content (AvgIpc) is 2.66. The molecule has 28 heavy (non-hydrogen) atoms. The highest BCUT2D eigenvalue weighted by Gasteiger charge is 2.43. The molecule has 2 aromatic carbocycles. The normalized spacial score (nSPS) is 23.0. The summed E-state index contributed by atoms with van der Waals surface area (Å²) in [6.07, 6.45) is 0.555. The first-order valence-electron chi connectivity index (χ1n) is 9.36. The predicted octanol–water partition coefficient (Wildman–Crippen LogP) is 3.62. The average molecular weight is 402 g/mol. The van der Waals surface area contributed by atoms with Crippen molar-refractivity contribution in [2.24, 2.45) is 5.92 Å². The Morgan fingerprint density at radius 1 is 1.32 bits per heavy atom. The van der Waals surface area contributed by atoms with E-state index in [-0.39, 0.29) is 11.7 Å². The number of benzene rings is 2. The highest BCUT2D eigenvalue weighted by Crippen LogP contribution is 2.38. The molecule has 0 amide bonds. The molecule has 148 valence electrons. The largest absolute Gasteiger partial charge is 0.385 e. The zero-order valence-corrected chi connectivity index (χ0v) is 17.0. The van der Waals surface area contributed by atoms with Gasteiger partial charge in [0.15, 0.2) is 0 Å². The maximum Gasteiger partial charge on any atom is 0.124 e. The van der Waals surface area contributed by atoms with Crippen LogP contribution in [0.4, 0.5) is 4.39 Å². The van der Waals surface area contributed by atoms with E-state index in [0.717, 1.165) is 11.1 Å². The lowest BCUT2D eigenvalue weighted by Crippen LogP contribution is -2.52. The van der Waals surface area contributed by atoms with Gasteiger partial charge in [-0.25, -0.2) is 4.39 Å². The van der Waals surface area contributed by atoms with Gasteiger partial charge in [-0.15, -0.1) is 0 Å². The molecule has 0 radical (unpaired) electrons. The first-order chi connectivity index (χ1) is 13.3. The van der Waals surface area contributed by atoms with Crippen LogP contribution in [-0.2, 0) is 12.1 Å². The summed E-state index contributed by atoms with van der Waals surface area (Å²) in [6.45, 7) is 2.68. The Labute approximate surface area is 170 Å². The van der Waals surface area contributed by atoms with Crippen molar-refractivity contribution in [3.05, 3.63) is 70.0 Å². The Kier molecular flexibility index (Phi) is 6.36. The quantitative estimate of drug-likeness (QED) is 0.831. The Morgan fingerprint density at radius 2 is 2.11 bits per heavy atom. The van der Waals surface area contributed by atoms with Crippen molar-refractivity contribution in [3.8, 4) is 6.07 Å². The summed E-state index contributed by atoms with van der Waals surface area (Å²) in [5.41, 5.74) is 1.22. The van der Waals surface area contributed by atoms with E-state index in [9.17, 15) is 14.8 Å². The zero-order chi connectivity index (χ0) is 20.3. The lowest BCUT2D eigenvalue weighted by molar-refractivity contribution is -0.0862. The van der Waals surface area contributed by atoms with Crippen LogP contribution in [0.15, 0.2) is 42.5 Å². The molecule has 2 unspecified atom stereocenters. The molecule has 1 aliphatic heterocycles. The standard InChI is InChI=1S/C22H25ClFN3O/c1-26(2)14-19-15-27(13-17-6-7-20(24)11-21(17)23)9-8-22(19,28)18-5-3-4-16(10-18)12-25/h3-7,10-11,19,28H,8-9,13-15H2,1-2H3. The smallest absolute Gasteiger partial charge is 0.124 e. The molecule has 4 nitrogen and oxygen atoms in total. The summed E-state index contributed by atoms with van der Waals surface area (Å²) in [6, 6.07) is 13.9. The van der Waals surface area contributed by atoms with Crippen LogP contribution in [0.3, 0.4) is 0 Å². The Morgan fingerprint density at radius 3 is 2.79 bits per heavy atom. The Bertz CT molecular complexity index is 882. The highest BCUT2D eigenvalue weighted by atomic mass is 35.5. The predicted molar refractivity (Wildman–Crippen MR) is 108 cm³/mol. The summed E-state index contributed by atoms with van der Waals surface area (Å²) in [5, 5.41) is 21.3. The van der Waals surface area contributed by atoms with Gasteiger partial charge in [0.2, 0.25) is 0 Å². The molecular weight excluding hydrogens is 377 g/mol. The van der Waals surface area contributed by atoms with Gasteiger partial charge in [-0.2, -0.15) is 5.26 Å². The molecule has 0 aliphatic carbocycles. The van der Waals surface area contributed by atoms with Gasteiger partial charge in [-0.1, -0.05) is 29.8 Å². The van der Waals surface area contributed by atoms with E-state index >= 15 is 0 Å². The van der Waals surface area contributed by atoms with E-state index in [1.807, 2.05) is 26.2 Å². The summed E-state index contributed by atoms with van der Waals surface area (Å²) in [5.74, 6) is -0.381. The van der Waals surface area contributed by atoms with Crippen molar-refractivity contribution < 1.29 is 9.50 Å². The van der Waals surface area contributed by atoms with Crippen molar-refractivity contribution in [1.29, 1.82) is 5.26 Å². The molecule has 1 fully saturated rings. The van der Waals surface area contributed by atoms with Crippen LogP contribution in [0.5, 0.6) is 0 Å². The van der Waals surface area contributed by atoms with Crippen LogP contribution in [0.2, 0.25) is 5.02 Å². The van der Waals surface area contributed by atoms with Gasteiger partial charge in [0.25, 0.3) is 0 Å². The Balaban J connectivity index is 1.84. The van der Waals surface area contributed by atoms with Crippen LogP contribution >= 0.6 is 11.6 Å². The minimum atomic E-state index is -1.000. The molecule has 3 rings (SSSR count). The fourth-order valence-corrected chi connectivity index (χ4v) is 4.24. The van der Waals surface area contributed by atoms with Crippen molar-refractivity contribution in [3.63, 3.8) is 0 Å². The van der Waals surface area contributed by atoms with Gasteiger partial charge in [-0.05, 0) is 55.9 Å². The molecule has 1 N–H and O–H groups in total. The lowest BCUT2D eigenvalue weighted by atomic mass is 9.75. The molecule has 1 aliphatic rings. The number of hydrogen-bond acceptors (Lipinski definition) is 4. The SMILES string of the molecule is CN(C)CC1CN(Cc2ccc(F)cc2Cl)CCC1(O)c1cccc(C#N)c1. The highest BCUT2D eigenvalue weighted by molar-refractivity contribution is 6.31. The van der Waals surface area contributed by atoms with Gasteiger partial charge in [0, 0.05) is 37.1 Å². The first-order valence-corrected chi connectivity index (χ1v) is 9.73. The third-order valence-corrected chi connectivity index (χ3v) is 5.80. The van der Waals surface area contributed by atoms with Gasteiger partial charge in [-0.3, -0.25) is 4.90 Å². The molecule has 6 heteroatoms. The second-order valence-corrected chi connectivity index (χ2v) is 8.20. The van der Waals surface area contributed by atoms with Gasteiger partial charge >= 0.3 is 0 Å². The second kappa shape index (κ2) is 8.59. The zero-order valence-electron chi connectivity index (χ0n) is 16.2. The van der Waals surface area contributed by atoms with E-state index in [2.05, 4.69) is 15.9 Å². The fraction of sp³-hybridized carbons (Fsp3) is 0.409.